The van der Waals surface area contributed by atoms with Gasteiger partial charge >= 0.3 is 6.18 Å². The minimum Gasteiger partial charge on any atom is -0.322 e. The van der Waals surface area contributed by atoms with Crippen molar-refractivity contribution >= 4 is 27.5 Å². The van der Waals surface area contributed by atoms with Crippen LogP contribution in [0.2, 0.25) is 0 Å². The molecule has 3 heterocycles. The van der Waals surface area contributed by atoms with Crippen LogP contribution in [0.5, 0.6) is 0 Å². The number of carbonyl (C=O) groups excluding carboxylic acids is 1. The molecule has 8 nitrogen and oxygen atoms in total. The lowest BCUT2D eigenvalue weighted by molar-refractivity contribution is -0.142. The quantitative estimate of drug-likeness (QED) is 0.503. The molecule has 172 valence electrons. The van der Waals surface area contributed by atoms with Gasteiger partial charge in [0.15, 0.2) is 5.69 Å². The summed E-state index contributed by atoms with van der Waals surface area (Å²) >= 11 is 3.06. The van der Waals surface area contributed by atoms with Gasteiger partial charge in [0.2, 0.25) is 5.91 Å². The van der Waals surface area contributed by atoms with E-state index in [-0.39, 0.29) is 10.4 Å². The van der Waals surface area contributed by atoms with Gasteiger partial charge < -0.3 is 5.32 Å². The Labute approximate surface area is 190 Å². The van der Waals surface area contributed by atoms with Gasteiger partial charge in [0.1, 0.15) is 6.04 Å². The van der Waals surface area contributed by atoms with Crippen LogP contribution in [0.1, 0.15) is 61.3 Å². The van der Waals surface area contributed by atoms with E-state index < -0.39 is 23.8 Å². The molecule has 1 aliphatic rings. The smallest absolute Gasteiger partial charge is 0.322 e. The van der Waals surface area contributed by atoms with Crippen LogP contribution >= 0.6 is 15.9 Å². The number of amides is 1. The van der Waals surface area contributed by atoms with E-state index in [1.807, 2.05) is 18.5 Å². The van der Waals surface area contributed by atoms with E-state index in [9.17, 15) is 18.0 Å². The van der Waals surface area contributed by atoms with E-state index in [1.54, 1.807) is 17.1 Å². The summed E-state index contributed by atoms with van der Waals surface area (Å²) in [6.45, 7) is 6.79. The molecule has 1 N–H and O–H groups in total. The Morgan fingerprint density at radius 1 is 1.31 bits per heavy atom. The normalized spacial score (nSPS) is 15.2. The third kappa shape index (κ3) is 4.32. The summed E-state index contributed by atoms with van der Waals surface area (Å²) in [7, 11) is 0. The van der Waals surface area contributed by atoms with Crippen LogP contribution in [-0.4, -0.2) is 35.2 Å². The Kier molecular flexibility index (Phi) is 5.91. The molecule has 0 aliphatic heterocycles. The van der Waals surface area contributed by atoms with Crippen LogP contribution in [0.15, 0.2) is 23.1 Å². The average molecular weight is 514 g/mol. The Bertz CT molecular complexity index is 1140. The number of hydrogen-bond acceptors (Lipinski definition) is 4. The highest BCUT2D eigenvalue weighted by Gasteiger charge is 2.43. The fourth-order valence-electron chi connectivity index (χ4n) is 3.63. The number of alkyl halides is 3. The third-order valence-corrected chi connectivity index (χ3v) is 6.39. The number of hydrogen-bond donors (Lipinski definition) is 1. The molecular weight excluding hydrogens is 491 g/mol. The molecule has 0 aromatic carbocycles. The summed E-state index contributed by atoms with van der Waals surface area (Å²) in [6.07, 6.45) is 1.91. The van der Waals surface area contributed by atoms with Crippen molar-refractivity contribution in [3.8, 4) is 0 Å². The highest BCUT2D eigenvalue weighted by molar-refractivity contribution is 9.10. The molecule has 4 rings (SSSR count). The monoisotopic (exact) mass is 513 g/mol. The maximum absolute atomic E-state index is 13.3. The van der Waals surface area contributed by atoms with Crippen LogP contribution < -0.4 is 5.32 Å². The molecule has 3 aromatic heterocycles. The molecule has 0 spiro atoms. The maximum atomic E-state index is 13.3. The molecule has 0 bridgehead atoms. The summed E-state index contributed by atoms with van der Waals surface area (Å²) in [4.78, 5) is 12.8. The van der Waals surface area contributed by atoms with Gasteiger partial charge in [-0.3, -0.25) is 18.8 Å². The van der Waals surface area contributed by atoms with Crippen LogP contribution in [0, 0.1) is 6.92 Å². The van der Waals surface area contributed by atoms with E-state index in [4.69, 9.17) is 0 Å². The number of nitrogens with zero attached hydrogens (tertiary/aromatic N) is 6. The first-order valence-corrected chi connectivity index (χ1v) is 11.1. The minimum absolute atomic E-state index is 0.0294. The number of halogens is 4. The van der Waals surface area contributed by atoms with E-state index in [0.717, 1.165) is 30.6 Å². The van der Waals surface area contributed by atoms with E-state index in [0.29, 0.717) is 17.9 Å². The fraction of sp³-hybridized carbons (Fsp3) is 0.500. The molecule has 1 aliphatic carbocycles. The summed E-state index contributed by atoms with van der Waals surface area (Å²) < 4.78 is 44.7. The number of rotatable bonds is 7. The fourth-order valence-corrected chi connectivity index (χ4v) is 4.44. The maximum Gasteiger partial charge on any atom is 0.436 e. The summed E-state index contributed by atoms with van der Waals surface area (Å²) in [6, 6.07) is -0.925. The van der Waals surface area contributed by atoms with Crippen molar-refractivity contribution in [3.05, 3.63) is 45.7 Å². The highest BCUT2D eigenvalue weighted by Crippen LogP contribution is 2.47. The Morgan fingerprint density at radius 2 is 2.03 bits per heavy atom. The average Bonchev–Trinajstić information content (AvgIpc) is 3.21. The van der Waals surface area contributed by atoms with Crippen LogP contribution in [0.25, 0.3) is 0 Å². The lowest BCUT2D eigenvalue weighted by Crippen LogP contribution is -2.26. The summed E-state index contributed by atoms with van der Waals surface area (Å²) in [5.74, 6) is -0.497. The Hall–Kier alpha value is -2.63. The van der Waals surface area contributed by atoms with Crippen molar-refractivity contribution in [3.63, 3.8) is 0 Å². The van der Waals surface area contributed by atoms with Gasteiger partial charge in [-0.2, -0.15) is 28.5 Å². The van der Waals surface area contributed by atoms with Gasteiger partial charge in [0.05, 0.1) is 34.8 Å². The van der Waals surface area contributed by atoms with Crippen molar-refractivity contribution in [2.75, 3.05) is 5.32 Å². The number of anilines is 1. The number of nitrogens with one attached hydrogen (secondary N) is 1. The van der Waals surface area contributed by atoms with Crippen molar-refractivity contribution in [2.45, 2.75) is 64.8 Å². The number of aromatic nitrogens is 6. The zero-order chi connectivity index (χ0) is 23.2. The van der Waals surface area contributed by atoms with Gasteiger partial charge in [0.25, 0.3) is 0 Å². The predicted octanol–water partition coefficient (Wildman–Crippen LogP) is 4.51. The van der Waals surface area contributed by atoms with Gasteiger partial charge in [-0.25, -0.2) is 0 Å². The lowest BCUT2D eigenvalue weighted by Gasteiger charge is -2.15. The first-order valence-electron chi connectivity index (χ1n) is 10.3. The zero-order valence-electron chi connectivity index (χ0n) is 17.8. The second-order valence-electron chi connectivity index (χ2n) is 7.93. The van der Waals surface area contributed by atoms with E-state index >= 15 is 0 Å². The molecule has 1 unspecified atom stereocenters. The van der Waals surface area contributed by atoms with Crippen LogP contribution in [-0.2, 0) is 24.1 Å². The first-order chi connectivity index (χ1) is 15.1. The molecule has 1 atom stereocenters. The van der Waals surface area contributed by atoms with E-state index in [1.165, 1.54) is 17.8 Å². The van der Waals surface area contributed by atoms with Crippen molar-refractivity contribution in [2.24, 2.45) is 0 Å². The topological polar surface area (TPSA) is 82.6 Å². The number of aryl methyl sites for hydroxylation is 1. The molecule has 1 fully saturated rings. The van der Waals surface area contributed by atoms with Gasteiger partial charge in [-0.15, -0.1) is 0 Å². The van der Waals surface area contributed by atoms with Crippen LogP contribution in [0.4, 0.5) is 18.9 Å². The zero-order valence-corrected chi connectivity index (χ0v) is 19.4. The predicted molar refractivity (Wildman–Crippen MR) is 114 cm³/mol. The van der Waals surface area contributed by atoms with Crippen molar-refractivity contribution in [1.29, 1.82) is 0 Å². The third-order valence-electron chi connectivity index (χ3n) is 5.60. The number of carbonyl (C=O) groups is 1. The molecular formula is C20H23BrF3N7O. The molecule has 12 heteroatoms. The highest BCUT2D eigenvalue weighted by atomic mass is 79.9. The van der Waals surface area contributed by atoms with Crippen molar-refractivity contribution in [1.82, 2.24) is 29.3 Å². The summed E-state index contributed by atoms with van der Waals surface area (Å²) in [5.41, 5.74) is 1.92. The Balaban J connectivity index is 1.50. The van der Waals surface area contributed by atoms with E-state index in [2.05, 4.69) is 36.5 Å². The van der Waals surface area contributed by atoms with Gasteiger partial charge in [0, 0.05) is 29.9 Å². The largest absolute Gasteiger partial charge is 0.436 e. The molecule has 0 radical (unpaired) electrons. The molecule has 1 saturated carbocycles. The standard InChI is InChI=1S/C20H23BrF3N7O/c1-4-30-11(2)14(7-26-30)9-29-10-15(8-25-29)27-19(32)12(3)31-17(13-5-6-13)16(21)18(28-31)20(22,23)24/h7-8,10,12-13H,4-6,9H2,1-3H3,(H,27,32). The lowest BCUT2D eigenvalue weighted by atomic mass is 10.2. The molecule has 1 amide bonds. The van der Waals surface area contributed by atoms with Crippen LogP contribution in [0.3, 0.4) is 0 Å². The molecule has 3 aromatic rings. The first kappa shape index (κ1) is 22.6. The van der Waals surface area contributed by atoms with Crippen molar-refractivity contribution < 1.29 is 18.0 Å². The SMILES string of the molecule is CCn1ncc(Cn2cc(NC(=O)C(C)n3nc(C(F)(F)F)c(Br)c3C3CC3)cn2)c1C. The second kappa shape index (κ2) is 8.38. The minimum atomic E-state index is -4.60. The second-order valence-corrected chi connectivity index (χ2v) is 8.72. The molecule has 32 heavy (non-hydrogen) atoms. The van der Waals surface area contributed by atoms with Gasteiger partial charge in [-0.1, -0.05) is 0 Å². The Morgan fingerprint density at radius 3 is 2.62 bits per heavy atom. The summed E-state index contributed by atoms with van der Waals surface area (Å²) in [5, 5.41) is 15.0. The molecule has 0 saturated heterocycles. The van der Waals surface area contributed by atoms with Gasteiger partial charge in [-0.05, 0) is 49.5 Å².